The van der Waals surface area contributed by atoms with Gasteiger partial charge in [-0.25, -0.2) is 19.6 Å². The van der Waals surface area contributed by atoms with Crippen molar-refractivity contribution in [3.63, 3.8) is 0 Å². The molecule has 2 aliphatic heterocycles. The summed E-state index contributed by atoms with van der Waals surface area (Å²) in [5, 5.41) is 12.7. The Kier molecular flexibility index (Phi) is 9.27. The molecule has 0 saturated carbocycles. The Bertz CT molecular complexity index is 1580. The molecular formula is C33H42N8O4. The number of nitriles is 1. The third-order valence-electron chi connectivity index (χ3n) is 8.79. The fraction of sp³-hybridized carbons (Fsp3) is 0.515. The second-order valence-corrected chi connectivity index (χ2v) is 13.0. The number of benzene rings is 1. The van der Waals surface area contributed by atoms with Gasteiger partial charge in [0.2, 0.25) is 5.91 Å². The molecule has 1 aromatic carbocycles. The zero-order valence-corrected chi connectivity index (χ0v) is 26.7. The van der Waals surface area contributed by atoms with Crippen molar-refractivity contribution in [2.45, 2.75) is 70.9 Å². The second kappa shape index (κ2) is 13.1. The van der Waals surface area contributed by atoms with Gasteiger partial charge in [0.1, 0.15) is 24.2 Å². The van der Waals surface area contributed by atoms with E-state index in [0.29, 0.717) is 55.2 Å². The van der Waals surface area contributed by atoms with E-state index in [1.807, 2.05) is 64.2 Å². The van der Waals surface area contributed by atoms with Crippen LogP contribution in [0, 0.1) is 17.2 Å². The summed E-state index contributed by atoms with van der Waals surface area (Å²) in [6.45, 7) is 10.2. The van der Waals surface area contributed by atoms with Crippen LogP contribution in [0.15, 0.2) is 42.9 Å². The van der Waals surface area contributed by atoms with Crippen LogP contribution in [-0.2, 0) is 9.53 Å². The van der Waals surface area contributed by atoms with Gasteiger partial charge in [-0.15, -0.1) is 0 Å². The van der Waals surface area contributed by atoms with Crippen molar-refractivity contribution < 1.29 is 19.1 Å². The maximum atomic E-state index is 13.3. The van der Waals surface area contributed by atoms with Gasteiger partial charge in [-0.3, -0.25) is 9.36 Å². The Balaban J connectivity index is 1.23. The predicted octanol–water partition coefficient (Wildman–Crippen LogP) is 5.21. The number of nitrogens with one attached hydrogen (secondary N) is 1. The number of nitrogens with zero attached hydrogens (tertiary/aromatic N) is 7. The highest BCUT2D eigenvalue weighted by Crippen LogP contribution is 2.31. The monoisotopic (exact) mass is 614 g/mol. The summed E-state index contributed by atoms with van der Waals surface area (Å²) in [7, 11) is 1.95. The van der Waals surface area contributed by atoms with Gasteiger partial charge in [0, 0.05) is 45.1 Å². The lowest BCUT2D eigenvalue weighted by molar-refractivity contribution is -0.131. The summed E-state index contributed by atoms with van der Waals surface area (Å²) >= 11 is 0. The number of rotatable bonds is 5. The third kappa shape index (κ3) is 7.19. The van der Waals surface area contributed by atoms with Gasteiger partial charge in [0.05, 0.1) is 17.5 Å². The minimum Gasteiger partial charge on any atom is -0.444 e. The van der Waals surface area contributed by atoms with Crippen LogP contribution < -0.4 is 10.2 Å². The maximum absolute atomic E-state index is 13.3. The van der Waals surface area contributed by atoms with Crippen LogP contribution in [0.25, 0.3) is 11.0 Å². The van der Waals surface area contributed by atoms with E-state index in [1.165, 1.54) is 16.5 Å². The number of aromatic nitrogens is 3. The Morgan fingerprint density at radius 3 is 2.40 bits per heavy atom. The summed E-state index contributed by atoms with van der Waals surface area (Å²) in [6.07, 6.45) is 5.28. The number of amides is 3. The SMILES string of the molecule is C[C@@H]1CCN(C(=O)CC#N)CC1N(C)c1ncnc2c1ccn2C(=O)Nc1ccc(C2CCN(C(=O)OC(C)(C)C)CC2)cc1. The van der Waals surface area contributed by atoms with Crippen molar-refractivity contribution in [1.29, 1.82) is 5.26 Å². The number of anilines is 2. The Morgan fingerprint density at radius 1 is 1.04 bits per heavy atom. The van der Waals surface area contributed by atoms with Crippen LogP contribution >= 0.6 is 0 Å². The zero-order chi connectivity index (χ0) is 32.3. The van der Waals surface area contributed by atoms with Gasteiger partial charge in [-0.2, -0.15) is 5.26 Å². The van der Waals surface area contributed by atoms with Gasteiger partial charge in [-0.05, 0) is 75.6 Å². The number of hydrogen-bond donors (Lipinski definition) is 1. The number of ether oxygens (including phenoxy) is 1. The first kappa shape index (κ1) is 31.8. The van der Waals surface area contributed by atoms with Crippen molar-refractivity contribution in [2.75, 3.05) is 43.4 Å². The Morgan fingerprint density at radius 2 is 1.73 bits per heavy atom. The Labute approximate surface area is 264 Å². The second-order valence-electron chi connectivity index (χ2n) is 13.0. The normalized spacial score (nSPS) is 19.2. The number of piperidine rings is 2. The number of likely N-dealkylation sites (N-methyl/N-ethyl adjacent to an activating group) is 1. The predicted molar refractivity (Wildman–Crippen MR) is 171 cm³/mol. The van der Waals surface area contributed by atoms with Crippen LogP contribution in [0.3, 0.4) is 0 Å². The highest BCUT2D eigenvalue weighted by molar-refractivity contribution is 5.99. The highest BCUT2D eigenvalue weighted by Gasteiger charge is 2.33. The minimum atomic E-state index is -0.509. The first-order valence-electron chi connectivity index (χ1n) is 15.5. The lowest BCUT2D eigenvalue weighted by Crippen LogP contribution is -2.52. The van der Waals surface area contributed by atoms with Crippen LogP contribution in [-0.4, -0.2) is 87.2 Å². The van der Waals surface area contributed by atoms with E-state index < -0.39 is 5.60 Å². The van der Waals surface area contributed by atoms with Gasteiger partial charge >= 0.3 is 12.1 Å². The lowest BCUT2D eigenvalue weighted by Gasteiger charge is -2.42. The molecule has 2 atom stereocenters. The van der Waals surface area contributed by atoms with Crippen molar-refractivity contribution in [2.24, 2.45) is 5.92 Å². The van der Waals surface area contributed by atoms with E-state index in [0.717, 1.165) is 24.6 Å². The van der Waals surface area contributed by atoms with E-state index in [-0.39, 0.29) is 30.5 Å². The number of hydrogen-bond acceptors (Lipinski definition) is 8. The standard InChI is InChI=1S/C33H42N8O4/c1-22-11-16-40(28(42)10-15-34)20-27(22)38(5)29-26-14-19-41(30(26)36-21-35-29)31(43)37-25-8-6-23(7-9-25)24-12-17-39(18-13-24)32(44)45-33(2,3)4/h6-9,14,19,21-22,24,27H,10-13,16-18,20H2,1-5H3,(H,37,43)/t22-,27?/m1/s1. The molecule has 2 saturated heterocycles. The first-order valence-corrected chi connectivity index (χ1v) is 15.5. The number of likely N-dealkylation sites (tertiary alicyclic amines) is 2. The molecule has 1 unspecified atom stereocenters. The average Bonchev–Trinajstić information content (AvgIpc) is 3.45. The number of carbonyl (C=O) groups excluding carboxylic acids is 3. The molecule has 238 valence electrons. The lowest BCUT2D eigenvalue weighted by atomic mass is 9.89. The molecule has 2 aromatic heterocycles. The zero-order valence-electron chi connectivity index (χ0n) is 26.7. The molecule has 0 bridgehead atoms. The Hall–Kier alpha value is -4.66. The molecule has 0 aliphatic carbocycles. The molecular weight excluding hydrogens is 572 g/mol. The van der Waals surface area contributed by atoms with Gasteiger partial charge < -0.3 is 24.8 Å². The topological polar surface area (TPSA) is 137 Å². The van der Waals surface area contributed by atoms with Gasteiger partial charge in [0.15, 0.2) is 5.65 Å². The number of fused-ring (bicyclic) bond motifs is 1. The van der Waals surface area contributed by atoms with E-state index in [2.05, 4.69) is 27.1 Å². The van der Waals surface area contributed by atoms with E-state index >= 15 is 0 Å². The molecule has 1 N–H and O–H groups in total. The first-order chi connectivity index (χ1) is 21.4. The fourth-order valence-electron chi connectivity index (χ4n) is 6.24. The summed E-state index contributed by atoms with van der Waals surface area (Å²) in [5.41, 5.74) is 1.82. The minimum absolute atomic E-state index is 0.000249. The average molecular weight is 615 g/mol. The van der Waals surface area contributed by atoms with Crippen LogP contribution in [0.5, 0.6) is 0 Å². The van der Waals surface area contributed by atoms with Crippen molar-refractivity contribution >= 4 is 40.6 Å². The molecule has 4 heterocycles. The van der Waals surface area contributed by atoms with Crippen molar-refractivity contribution in [3.05, 3.63) is 48.4 Å². The van der Waals surface area contributed by atoms with E-state index in [9.17, 15) is 14.4 Å². The molecule has 45 heavy (non-hydrogen) atoms. The molecule has 2 aliphatic rings. The van der Waals surface area contributed by atoms with Crippen molar-refractivity contribution in [1.82, 2.24) is 24.3 Å². The van der Waals surface area contributed by atoms with Crippen LogP contribution in [0.4, 0.5) is 21.1 Å². The summed E-state index contributed by atoms with van der Waals surface area (Å²) in [4.78, 5) is 52.7. The largest absolute Gasteiger partial charge is 0.444 e. The van der Waals surface area contributed by atoms with E-state index in [4.69, 9.17) is 10.00 Å². The molecule has 0 spiro atoms. The third-order valence-corrected chi connectivity index (χ3v) is 8.79. The van der Waals surface area contributed by atoms with E-state index in [1.54, 1.807) is 16.0 Å². The summed E-state index contributed by atoms with van der Waals surface area (Å²) < 4.78 is 6.98. The molecule has 3 amide bonds. The maximum Gasteiger partial charge on any atom is 0.410 e. The molecule has 3 aromatic rings. The quantitative estimate of drug-likeness (QED) is 0.414. The highest BCUT2D eigenvalue weighted by atomic mass is 16.6. The van der Waals surface area contributed by atoms with Gasteiger partial charge in [-0.1, -0.05) is 19.1 Å². The number of carbonyl (C=O) groups is 3. The van der Waals surface area contributed by atoms with Gasteiger partial charge in [0.25, 0.3) is 0 Å². The van der Waals surface area contributed by atoms with Crippen LogP contribution in [0.1, 0.15) is 64.9 Å². The molecule has 0 radical (unpaired) electrons. The fourth-order valence-corrected chi connectivity index (χ4v) is 6.24. The summed E-state index contributed by atoms with van der Waals surface area (Å²) in [6, 6.07) is 11.3. The smallest absolute Gasteiger partial charge is 0.410 e. The summed E-state index contributed by atoms with van der Waals surface area (Å²) in [5.74, 6) is 1.16. The van der Waals surface area contributed by atoms with Crippen molar-refractivity contribution in [3.8, 4) is 6.07 Å². The molecule has 5 rings (SSSR count). The molecule has 2 fully saturated rings. The van der Waals surface area contributed by atoms with Crippen LogP contribution in [0.2, 0.25) is 0 Å². The molecule has 12 heteroatoms. The molecule has 12 nitrogen and oxygen atoms in total.